The average molecular weight is 427 g/mol. The third-order valence-electron chi connectivity index (χ3n) is 4.99. The topological polar surface area (TPSA) is 58.0 Å². The Labute approximate surface area is 175 Å². The number of aromatic hydroxyl groups is 1. The summed E-state index contributed by atoms with van der Waals surface area (Å²) in [4.78, 5) is 0. The van der Waals surface area contributed by atoms with E-state index in [4.69, 9.17) is 0 Å². The maximum atomic E-state index is 13.2. The molecule has 0 aliphatic heterocycles. The molecule has 0 spiro atoms. The molecule has 2 N–H and O–H groups in total. The van der Waals surface area contributed by atoms with E-state index in [1.165, 1.54) is 18.2 Å². The van der Waals surface area contributed by atoms with E-state index in [-0.39, 0.29) is 23.1 Å². The fourth-order valence-electron chi connectivity index (χ4n) is 3.36. The molecule has 0 saturated heterocycles. The van der Waals surface area contributed by atoms with Gasteiger partial charge in [-0.25, -0.2) is 4.39 Å². The van der Waals surface area contributed by atoms with Crippen molar-refractivity contribution in [3.63, 3.8) is 0 Å². The van der Waals surface area contributed by atoms with Gasteiger partial charge in [0.15, 0.2) is 5.82 Å². The van der Waals surface area contributed by atoms with Gasteiger partial charge >= 0.3 is 6.18 Å². The Kier molecular flexibility index (Phi) is 5.22. The predicted octanol–water partition coefficient (Wildman–Crippen LogP) is 6.33. The number of fused-ring (bicyclic) bond motifs is 1. The van der Waals surface area contributed by atoms with Gasteiger partial charge in [0, 0.05) is 16.3 Å². The zero-order valence-corrected chi connectivity index (χ0v) is 16.3. The number of hydrogen-bond donors (Lipinski definition) is 2. The third-order valence-corrected chi connectivity index (χ3v) is 4.99. The fourth-order valence-corrected chi connectivity index (χ4v) is 3.36. The molecule has 8 heteroatoms. The van der Waals surface area contributed by atoms with Crippen molar-refractivity contribution < 1.29 is 22.7 Å². The molecule has 0 bridgehead atoms. The number of aromatic nitrogens is 2. The second-order valence-electron chi connectivity index (χ2n) is 7.09. The molecular weight excluding hydrogens is 410 g/mol. The zero-order chi connectivity index (χ0) is 22.2. The van der Waals surface area contributed by atoms with Crippen LogP contribution in [-0.2, 0) is 6.18 Å². The van der Waals surface area contributed by atoms with Gasteiger partial charge in [-0.05, 0) is 42.8 Å². The maximum Gasteiger partial charge on any atom is 0.416 e. The zero-order valence-electron chi connectivity index (χ0n) is 16.3. The molecule has 0 unspecified atom stereocenters. The lowest BCUT2D eigenvalue weighted by atomic mass is 10.0. The van der Waals surface area contributed by atoms with Gasteiger partial charge < -0.3 is 10.4 Å². The quantitative estimate of drug-likeness (QED) is 0.374. The Morgan fingerprint density at radius 3 is 2.23 bits per heavy atom. The molecule has 0 fully saturated rings. The minimum atomic E-state index is -4.56. The van der Waals surface area contributed by atoms with E-state index >= 15 is 0 Å². The summed E-state index contributed by atoms with van der Waals surface area (Å²) in [6.45, 7) is 1.89. The highest BCUT2D eigenvalue weighted by Crippen LogP contribution is 2.39. The van der Waals surface area contributed by atoms with Gasteiger partial charge in [0.2, 0.25) is 0 Å². The van der Waals surface area contributed by atoms with E-state index in [1.807, 2.05) is 6.92 Å². The summed E-state index contributed by atoms with van der Waals surface area (Å²) in [6, 6.07) is 15.7. The predicted molar refractivity (Wildman–Crippen MR) is 110 cm³/mol. The van der Waals surface area contributed by atoms with Crippen LogP contribution < -0.4 is 5.32 Å². The van der Waals surface area contributed by atoms with Crippen LogP contribution in [0.15, 0.2) is 66.7 Å². The third kappa shape index (κ3) is 4.14. The Hall–Kier alpha value is -3.68. The first-order chi connectivity index (χ1) is 14.7. The lowest BCUT2D eigenvalue weighted by Gasteiger charge is -2.17. The van der Waals surface area contributed by atoms with Crippen LogP contribution >= 0.6 is 0 Å². The number of nitrogens with one attached hydrogen (secondary N) is 1. The SMILES string of the molecule is C[C@H](Nc1nnc(-c2ccc(C(F)(F)F)cc2O)c2ccccc12)c1ccc(F)cc1. The monoisotopic (exact) mass is 427 g/mol. The summed E-state index contributed by atoms with van der Waals surface area (Å²) in [5.74, 6) is -0.404. The molecule has 4 rings (SSSR count). The van der Waals surface area contributed by atoms with Crippen molar-refractivity contribution >= 4 is 16.6 Å². The van der Waals surface area contributed by atoms with E-state index in [9.17, 15) is 22.7 Å². The summed E-state index contributed by atoms with van der Waals surface area (Å²) >= 11 is 0. The van der Waals surface area contributed by atoms with Crippen molar-refractivity contribution in [3.05, 3.63) is 83.7 Å². The van der Waals surface area contributed by atoms with Crippen LogP contribution in [0.3, 0.4) is 0 Å². The largest absolute Gasteiger partial charge is 0.507 e. The van der Waals surface area contributed by atoms with Crippen LogP contribution in [0.25, 0.3) is 22.0 Å². The van der Waals surface area contributed by atoms with Gasteiger partial charge in [-0.1, -0.05) is 36.4 Å². The molecule has 0 amide bonds. The van der Waals surface area contributed by atoms with Crippen LogP contribution in [0.5, 0.6) is 5.75 Å². The molecule has 0 aliphatic rings. The van der Waals surface area contributed by atoms with E-state index in [0.717, 1.165) is 11.6 Å². The van der Waals surface area contributed by atoms with Crippen LogP contribution in [0.2, 0.25) is 0 Å². The smallest absolute Gasteiger partial charge is 0.416 e. The Morgan fingerprint density at radius 1 is 0.903 bits per heavy atom. The van der Waals surface area contributed by atoms with Gasteiger partial charge in [-0.15, -0.1) is 10.2 Å². The fraction of sp³-hybridized carbons (Fsp3) is 0.130. The van der Waals surface area contributed by atoms with Crippen LogP contribution in [0.4, 0.5) is 23.4 Å². The molecule has 1 aromatic heterocycles. The number of alkyl halides is 3. The number of halogens is 4. The first kappa shape index (κ1) is 20.6. The second-order valence-corrected chi connectivity index (χ2v) is 7.09. The van der Waals surface area contributed by atoms with Crippen LogP contribution in [0.1, 0.15) is 24.1 Å². The van der Waals surface area contributed by atoms with Gasteiger partial charge in [-0.2, -0.15) is 13.2 Å². The first-order valence-electron chi connectivity index (χ1n) is 9.42. The maximum absolute atomic E-state index is 13.2. The lowest BCUT2D eigenvalue weighted by molar-refractivity contribution is -0.137. The minimum absolute atomic E-state index is 0.148. The van der Waals surface area contributed by atoms with E-state index in [1.54, 1.807) is 36.4 Å². The normalized spacial score (nSPS) is 12.7. The molecule has 1 heterocycles. The highest BCUT2D eigenvalue weighted by molar-refractivity contribution is 6.00. The van der Waals surface area contributed by atoms with Gasteiger partial charge in [0.1, 0.15) is 17.3 Å². The number of benzene rings is 3. The number of rotatable bonds is 4. The summed E-state index contributed by atoms with van der Waals surface area (Å²) in [5, 5.41) is 23.2. The number of phenols is 1. The van der Waals surface area contributed by atoms with Crippen molar-refractivity contribution in [2.24, 2.45) is 0 Å². The molecule has 31 heavy (non-hydrogen) atoms. The van der Waals surface area contributed by atoms with Crippen molar-refractivity contribution in [3.8, 4) is 17.0 Å². The van der Waals surface area contributed by atoms with Gasteiger partial charge in [-0.3, -0.25) is 0 Å². The van der Waals surface area contributed by atoms with Crippen LogP contribution in [0, 0.1) is 5.82 Å². The summed E-state index contributed by atoms with van der Waals surface area (Å²) in [7, 11) is 0. The first-order valence-corrected chi connectivity index (χ1v) is 9.42. The summed E-state index contributed by atoms with van der Waals surface area (Å²) in [6.07, 6.45) is -4.56. The number of phenolic OH excluding ortho intramolecular Hbond substituents is 1. The van der Waals surface area contributed by atoms with E-state index < -0.39 is 17.5 Å². The molecular formula is C23H17F4N3O. The molecule has 1 atom stereocenters. The van der Waals surface area contributed by atoms with Gasteiger partial charge in [0.05, 0.1) is 11.6 Å². The highest BCUT2D eigenvalue weighted by Gasteiger charge is 2.31. The van der Waals surface area contributed by atoms with Crippen molar-refractivity contribution in [1.82, 2.24) is 10.2 Å². The summed E-state index contributed by atoms with van der Waals surface area (Å²) in [5.41, 5.74) is 0.311. The number of hydrogen-bond acceptors (Lipinski definition) is 4. The van der Waals surface area contributed by atoms with Crippen molar-refractivity contribution in [2.45, 2.75) is 19.1 Å². The van der Waals surface area contributed by atoms with E-state index in [0.29, 0.717) is 22.7 Å². The number of nitrogens with zero attached hydrogens (tertiary/aromatic N) is 2. The molecule has 4 aromatic rings. The van der Waals surface area contributed by atoms with Crippen molar-refractivity contribution in [2.75, 3.05) is 5.32 Å². The highest BCUT2D eigenvalue weighted by atomic mass is 19.4. The van der Waals surface area contributed by atoms with Crippen molar-refractivity contribution in [1.29, 1.82) is 0 Å². The molecule has 158 valence electrons. The number of anilines is 1. The van der Waals surface area contributed by atoms with Gasteiger partial charge in [0.25, 0.3) is 0 Å². The molecule has 0 radical (unpaired) electrons. The second kappa shape index (κ2) is 7.86. The van der Waals surface area contributed by atoms with E-state index in [2.05, 4.69) is 15.5 Å². The Balaban J connectivity index is 1.75. The Morgan fingerprint density at radius 2 is 1.58 bits per heavy atom. The summed E-state index contributed by atoms with van der Waals surface area (Å²) < 4.78 is 52.0. The standard InChI is InChI=1S/C23H17F4N3O/c1-13(14-6-9-16(24)10-7-14)28-22-18-5-3-2-4-17(18)21(29-30-22)19-11-8-15(12-20(19)31)23(25,26)27/h2-13,31H,1H3,(H,28,30)/t13-/m0/s1. The van der Waals surface area contributed by atoms with Crippen LogP contribution in [-0.4, -0.2) is 15.3 Å². The molecule has 4 nitrogen and oxygen atoms in total. The Bertz CT molecular complexity index is 1240. The average Bonchev–Trinajstić information content (AvgIpc) is 2.74. The minimum Gasteiger partial charge on any atom is -0.507 e. The molecule has 0 saturated carbocycles. The lowest BCUT2D eigenvalue weighted by Crippen LogP contribution is -2.09. The molecule has 3 aromatic carbocycles. The molecule has 0 aliphatic carbocycles.